The Balaban J connectivity index is 1.89. The van der Waals surface area contributed by atoms with Gasteiger partial charge in [-0.1, -0.05) is 11.3 Å². The highest BCUT2D eigenvalue weighted by molar-refractivity contribution is 7.22. The number of hydrogen-bond acceptors (Lipinski definition) is 5. The summed E-state index contributed by atoms with van der Waals surface area (Å²) in [6, 6.07) is 8.44. The Morgan fingerprint density at radius 2 is 2.10 bits per heavy atom. The van der Waals surface area contributed by atoms with Crippen molar-refractivity contribution in [1.29, 1.82) is 0 Å². The van der Waals surface area contributed by atoms with E-state index in [9.17, 15) is 14.3 Å². The Bertz CT molecular complexity index is 847. The van der Waals surface area contributed by atoms with Gasteiger partial charge in [-0.15, -0.1) is 0 Å². The normalized spacial score (nSPS) is 10.7. The van der Waals surface area contributed by atoms with Gasteiger partial charge in [-0.25, -0.2) is 9.37 Å². The number of nitrogens with two attached hydrogens (primary N) is 1. The van der Waals surface area contributed by atoms with Crippen LogP contribution < -0.4 is 11.1 Å². The van der Waals surface area contributed by atoms with Crippen LogP contribution in [0.3, 0.4) is 0 Å². The van der Waals surface area contributed by atoms with E-state index in [1.165, 1.54) is 17.4 Å². The van der Waals surface area contributed by atoms with Crippen molar-refractivity contribution >= 4 is 38.3 Å². The fourth-order valence-electron chi connectivity index (χ4n) is 1.86. The minimum atomic E-state index is -0.612. The van der Waals surface area contributed by atoms with Crippen molar-refractivity contribution in [3.63, 3.8) is 0 Å². The van der Waals surface area contributed by atoms with Crippen molar-refractivity contribution < 1.29 is 14.3 Å². The number of phenolic OH excluding ortho intramolecular Hbond substituents is 1. The predicted molar refractivity (Wildman–Crippen MR) is 80.1 cm³/mol. The number of fused-ring (bicyclic) bond motifs is 1. The molecule has 1 amide bonds. The summed E-state index contributed by atoms with van der Waals surface area (Å²) in [5.74, 6) is -1.59. The molecule has 0 fully saturated rings. The molecule has 1 aromatic heterocycles. The Kier molecular flexibility index (Phi) is 3.19. The number of carbonyl (C=O) groups is 1. The molecule has 0 spiro atoms. The maximum absolute atomic E-state index is 12.9. The van der Waals surface area contributed by atoms with E-state index in [0.29, 0.717) is 16.3 Å². The van der Waals surface area contributed by atoms with Crippen molar-refractivity contribution in [2.45, 2.75) is 0 Å². The van der Waals surface area contributed by atoms with Gasteiger partial charge in [0, 0.05) is 11.8 Å². The molecule has 0 atom stereocenters. The number of rotatable bonds is 2. The number of carbonyl (C=O) groups excluding carboxylic acids is 1. The number of hydrogen-bond donors (Lipinski definition) is 3. The summed E-state index contributed by atoms with van der Waals surface area (Å²) in [6.45, 7) is 0. The zero-order valence-corrected chi connectivity index (χ0v) is 11.4. The minimum absolute atomic E-state index is 0.0184. The van der Waals surface area contributed by atoms with Crippen LogP contribution in [0.4, 0.5) is 15.2 Å². The van der Waals surface area contributed by atoms with Crippen LogP contribution in [0.15, 0.2) is 36.4 Å². The highest BCUT2D eigenvalue weighted by atomic mass is 32.1. The number of nitrogens with one attached hydrogen (secondary N) is 1. The first kappa shape index (κ1) is 13.3. The molecule has 0 unspecified atom stereocenters. The number of aromatic hydroxyl groups is 1. The van der Waals surface area contributed by atoms with Gasteiger partial charge in [0.2, 0.25) is 0 Å². The van der Waals surface area contributed by atoms with Gasteiger partial charge in [-0.2, -0.15) is 0 Å². The van der Waals surface area contributed by atoms with Gasteiger partial charge >= 0.3 is 0 Å². The molecule has 4 N–H and O–H groups in total. The van der Waals surface area contributed by atoms with E-state index in [4.69, 9.17) is 5.73 Å². The van der Waals surface area contributed by atoms with E-state index in [2.05, 4.69) is 10.3 Å². The second kappa shape index (κ2) is 5.02. The lowest BCUT2D eigenvalue weighted by atomic mass is 10.2. The average molecular weight is 303 g/mol. The number of phenols is 1. The van der Waals surface area contributed by atoms with Crippen LogP contribution in [-0.4, -0.2) is 16.0 Å². The maximum atomic E-state index is 12.9. The molecule has 0 aliphatic rings. The van der Waals surface area contributed by atoms with Crippen molar-refractivity contribution in [3.8, 4) is 5.75 Å². The summed E-state index contributed by atoms with van der Waals surface area (Å²) in [4.78, 5) is 16.3. The number of amides is 1. The van der Waals surface area contributed by atoms with Crippen LogP contribution in [0.2, 0.25) is 0 Å². The molecule has 2 aromatic carbocycles. The molecule has 0 aliphatic heterocycles. The van der Waals surface area contributed by atoms with Gasteiger partial charge < -0.3 is 10.8 Å². The standard InChI is InChI=1S/C14H10FN3O2S/c15-7-1-3-9(11(19)5-7)13(20)18-14-17-10-4-2-8(16)6-12(10)21-14/h1-6,19H,16H2,(H,17,18,20). The fraction of sp³-hybridized carbons (Fsp3) is 0. The SMILES string of the molecule is Nc1ccc2nc(NC(=O)c3ccc(F)cc3O)sc2c1. The highest BCUT2D eigenvalue weighted by Gasteiger charge is 2.14. The Morgan fingerprint density at radius 3 is 2.86 bits per heavy atom. The zero-order chi connectivity index (χ0) is 15.0. The molecule has 0 radical (unpaired) electrons. The van der Waals surface area contributed by atoms with Crippen molar-refractivity contribution in [2.75, 3.05) is 11.1 Å². The number of benzene rings is 2. The summed E-state index contributed by atoms with van der Waals surface area (Å²) in [5, 5.41) is 12.5. The number of halogens is 1. The van der Waals surface area contributed by atoms with Crippen LogP contribution in [0.25, 0.3) is 10.2 Å². The third-order valence-corrected chi connectivity index (χ3v) is 3.77. The second-order valence-corrected chi connectivity index (χ2v) is 5.39. The van der Waals surface area contributed by atoms with Crippen LogP contribution in [-0.2, 0) is 0 Å². The summed E-state index contributed by atoms with van der Waals surface area (Å²) in [7, 11) is 0. The molecule has 1 heterocycles. The molecule has 106 valence electrons. The fourth-order valence-corrected chi connectivity index (χ4v) is 2.77. The van der Waals surface area contributed by atoms with Crippen LogP contribution >= 0.6 is 11.3 Å². The first-order valence-electron chi connectivity index (χ1n) is 5.99. The van der Waals surface area contributed by atoms with E-state index in [-0.39, 0.29) is 5.56 Å². The lowest BCUT2D eigenvalue weighted by Crippen LogP contribution is -2.11. The number of thiazole rings is 1. The van der Waals surface area contributed by atoms with Crippen LogP contribution in [0.5, 0.6) is 5.75 Å². The third kappa shape index (κ3) is 2.63. The van der Waals surface area contributed by atoms with Crippen molar-refractivity contribution in [2.24, 2.45) is 0 Å². The number of anilines is 2. The first-order chi connectivity index (χ1) is 10.0. The Morgan fingerprint density at radius 1 is 1.29 bits per heavy atom. The quantitative estimate of drug-likeness (QED) is 0.635. The van der Waals surface area contributed by atoms with Crippen LogP contribution in [0, 0.1) is 5.82 Å². The highest BCUT2D eigenvalue weighted by Crippen LogP contribution is 2.28. The van der Waals surface area contributed by atoms with Gasteiger partial charge in [0.15, 0.2) is 5.13 Å². The Labute approximate surface area is 122 Å². The van der Waals surface area contributed by atoms with Gasteiger partial charge in [0.25, 0.3) is 5.91 Å². The summed E-state index contributed by atoms with van der Waals surface area (Å²) in [6.07, 6.45) is 0. The molecule has 0 saturated heterocycles. The van der Waals surface area contributed by atoms with Gasteiger partial charge in [-0.05, 0) is 30.3 Å². The topological polar surface area (TPSA) is 88.2 Å². The Hall–Kier alpha value is -2.67. The molecule has 21 heavy (non-hydrogen) atoms. The predicted octanol–water partition coefficient (Wildman–Crippen LogP) is 2.98. The largest absolute Gasteiger partial charge is 0.507 e. The lowest BCUT2D eigenvalue weighted by molar-refractivity contribution is 0.102. The van der Waals surface area contributed by atoms with E-state index in [1.54, 1.807) is 18.2 Å². The zero-order valence-electron chi connectivity index (χ0n) is 10.6. The van der Waals surface area contributed by atoms with Crippen LogP contribution in [0.1, 0.15) is 10.4 Å². The first-order valence-corrected chi connectivity index (χ1v) is 6.80. The molecule has 0 saturated carbocycles. The smallest absolute Gasteiger partial charge is 0.261 e. The second-order valence-electron chi connectivity index (χ2n) is 4.36. The molecule has 0 aliphatic carbocycles. The average Bonchev–Trinajstić information content (AvgIpc) is 2.79. The van der Waals surface area contributed by atoms with E-state index >= 15 is 0 Å². The summed E-state index contributed by atoms with van der Waals surface area (Å²) >= 11 is 1.26. The number of nitrogens with zero attached hydrogens (tertiary/aromatic N) is 1. The van der Waals surface area contributed by atoms with Gasteiger partial charge in [-0.3, -0.25) is 10.1 Å². The molecular weight excluding hydrogens is 293 g/mol. The molecule has 3 rings (SSSR count). The molecule has 5 nitrogen and oxygen atoms in total. The molecule has 7 heteroatoms. The molecular formula is C14H10FN3O2S. The summed E-state index contributed by atoms with van der Waals surface area (Å²) < 4.78 is 13.7. The number of nitrogen functional groups attached to an aromatic ring is 1. The summed E-state index contributed by atoms with van der Waals surface area (Å²) in [5.41, 5.74) is 6.99. The maximum Gasteiger partial charge on any atom is 0.261 e. The van der Waals surface area contributed by atoms with E-state index in [1.807, 2.05) is 0 Å². The molecule has 0 bridgehead atoms. The number of aromatic nitrogens is 1. The minimum Gasteiger partial charge on any atom is -0.507 e. The third-order valence-electron chi connectivity index (χ3n) is 2.84. The van der Waals surface area contributed by atoms with E-state index < -0.39 is 17.5 Å². The van der Waals surface area contributed by atoms with E-state index in [0.717, 1.165) is 16.8 Å². The van der Waals surface area contributed by atoms with Gasteiger partial charge in [0.05, 0.1) is 15.8 Å². The monoisotopic (exact) mass is 303 g/mol. The van der Waals surface area contributed by atoms with Crippen molar-refractivity contribution in [3.05, 3.63) is 47.8 Å². The molecule has 3 aromatic rings. The van der Waals surface area contributed by atoms with Crippen molar-refractivity contribution in [1.82, 2.24) is 4.98 Å². The van der Waals surface area contributed by atoms with Gasteiger partial charge in [0.1, 0.15) is 11.6 Å². The lowest BCUT2D eigenvalue weighted by Gasteiger charge is -2.03.